The number of aliphatic carboxylic acids is 1. The Bertz CT molecular complexity index is 925. The molecule has 2 aromatic carbocycles. The molecule has 0 saturated carbocycles. The molecule has 9 heteroatoms. The molecular weight excluding hydrogens is 408 g/mol. The predicted octanol–water partition coefficient (Wildman–Crippen LogP) is 2.90. The minimum atomic E-state index is -1.18. The van der Waals surface area contributed by atoms with Gasteiger partial charge in [-0.25, -0.2) is 9.59 Å². The summed E-state index contributed by atoms with van der Waals surface area (Å²) in [6, 6.07) is 8.63. The lowest BCUT2D eigenvalue weighted by atomic mass is 10.1. The summed E-state index contributed by atoms with van der Waals surface area (Å²) in [6.07, 6.45) is 3.63. The van der Waals surface area contributed by atoms with Crippen LogP contribution in [0.15, 0.2) is 30.3 Å². The molecular formula is C22H24O9. The zero-order chi connectivity index (χ0) is 22.8. The summed E-state index contributed by atoms with van der Waals surface area (Å²) in [4.78, 5) is 22.4. The van der Waals surface area contributed by atoms with Gasteiger partial charge in [0, 0.05) is 0 Å². The number of hydrogen-bond acceptors (Lipinski definition) is 8. The summed E-state index contributed by atoms with van der Waals surface area (Å²) in [5.41, 5.74) is 1.52. The predicted molar refractivity (Wildman–Crippen MR) is 112 cm³/mol. The number of carbonyl (C=O) groups is 2. The van der Waals surface area contributed by atoms with Crippen molar-refractivity contribution >= 4 is 24.1 Å². The highest BCUT2D eigenvalue weighted by atomic mass is 16.6. The smallest absolute Gasteiger partial charge is 0.337 e. The molecule has 0 atom stereocenters. The number of benzene rings is 2. The molecule has 31 heavy (non-hydrogen) atoms. The second-order valence-electron chi connectivity index (χ2n) is 6.06. The fourth-order valence-electron chi connectivity index (χ4n) is 2.64. The molecule has 0 bridgehead atoms. The molecule has 0 amide bonds. The van der Waals surface area contributed by atoms with Gasteiger partial charge in [-0.3, -0.25) is 0 Å². The van der Waals surface area contributed by atoms with Gasteiger partial charge in [0.25, 0.3) is 0 Å². The maximum absolute atomic E-state index is 11.9. The molecule has 0 heterocycles. The molecule has 0 saturated heterocycles. The minimum Gasteiger partial charge on any atom is -0.493 e. The Hall–Kier alpha value is -3.72. The highest BCUT2D eigenvalue weighted by Gasteiger charge is 2.13. The molecule has 2 rings (SSSR count). The van der Waals surface area contributed by atoms with E-state index in [4.69, 9.17) is 33.5 Å². The lowest BCUT2D eigenvalue weighted by molar-refractivity contribution is -0.147. The van der Waals surface area contributed by atoms with Crippen molar-refractivity contribution in [1.29, 1.82) is 0 Å². The van der Waals surface area contributed by atoms with Gasteiger partial charge >= 0.3 is 11.9 Å². The van der Waals surface area contributed by atoms with Crippen molar-refractivity contribution in [3.8, 4) is 28.7 Å². The van der Waals surface area contributed by atoms with E-state index in [1.165, 1.54) is 28.4 Å². The van der Waals surface area contributed by atoms with Gasteiger partial charge in [0.1, 0.15) is 13.2 Å². The Morgan fingerprint density at radius 3 is 1.90 bits per heavy atom. The molecule has 2 aromatic rings. The van der Waals surface area contributed by atoms with E-state index in [1.807, 2.05) is 6.08 Å². The van der Waals surface area contributed by atoms with E-state index in [1.54, 1.807) is 36.4 Å². The molecule has 1 N–H and O–H groups in total. The number of carbonyl (C=O) groups excluding carboxylic acids is 1. The zero-order valence-corrected chi connectivity index (χ0v) is 17.7. The summed E-state index contributed by atoms with van der Waals surface area (Å²) in [6.45, 7) is -1.09. The maximum atomic E-state index is 11.9. The molecule has 0 aliphatic carbocycles. The quantitative estimate of drug-likeness (QED) is 0.326. The second-order valence-corrected chi connectivity index (χ2v) is 6.06. The Morgan fingerprint density at radius 1 is 0.774 bits per heavy atom. The fraction of sp³-hybridized carbons (Fsp3) is 0.273. The van der Waals surface area contributed by atoms with Crippen molar-refractivity contribution < 1.29 is 43.1 Å². The summed E-state index contributed by atoms with van der Waals surface area (Å²) in [7, 11) is 6.05. The molecule has 166 valence electrons. The lowest BCUT2D eigenvalue weighted by Crippen LogP contribution is -2.19. The van der Waals surface area contributed by atoms with Crippen molar-refractivity contribution in [3.05, 3.63) is 41.5 Å². The van der Waals surface area contributed by atoms with Gasteiger partial charge in [0.2, 0.25) is 5.75 Å². The number of carboxylic acid groups (broad SMARTS) is 1. The third-order valence-electron chi connectivity index (χ3n) is 4.01. The van der Waals surface area contributed by atoms with E-state index in [0.717, 1.165) is 11.1 Å². The van der Waals surface area contributed by atoms with Crippen molar-refractivity contribution in [3.63, 3.8) is 0 Å². The Kier molecular flexibility index (Phi) is 8.71. The van der Waals surface area contributed by atoms with Gasteiger partial charge < -0.3 is 33.5 Å². The summed E-state index contributed by atoms with van der Waals surface area (Å²) in [5, 5.41) is 8.56. The minimum absolute atomic E-state index is 0.179. The van der Waals surface area contributed by atoms with E-state index in [0.29, 0.717) is 23.0 Å². The van der Waals surface area contributed by atoms with Crippen molar-refractivity contribution in [2.75, 3.05) is 41.7 Å². The van der Waals surface area contributed by atoms with E-state index in [2.05, 4.69) is 0 Å². The van der Waals surface area contributed by atoms with Gasteiger partial charge in [-0.15, -0.1) is 0 Å². The Labute approximate surface area is 179 Å². The van der Waals surface area contributed by atoms with E-state index >= 15 is 0 Å². The number of ether oxygens (including phenoxy) is 6. The molecule has 0 aliphatic heterocycles. The number of hydrogen-bond donors (Lipinski definition) is 1. The van der Waals surface area contributed by atoms with Crippen molar-refractivity contribution in [2.45, 2.75) is 0 Å². The normalized spacial score (nSPS) is 10.6. The molecule has 0 aromatic heterocycles. The second kappa shape index (κ2) is 11.5. The molecule has 0 spiro atoms. The molecule has 0 unspecified atom stereocenters. The van der Waals surface area contributed by atoms with Gasteiger partial charge in [-0.1, -0.05) is 18.2 Å². The van der Waals surface area contributed by atoms with Crippen LogP contribution in [0, 0.1) is 0 Å². The number of esters is 1. The van der Waals surface area contributed by atoms with Crippen LogP contribution in [0.1, 0.15) is 11.1 Å². The van der Waals surface area contributed by atoms with Gasteiger partial charge in [-0.05, 0) is 35.4 Å². The summed E-state index contributed by atoms with van der Waals surface area (Å²) < 4.78 is 31.2. The van der Waals surface area contributed by atoms with Crippen LogP contribution < -0.4 is 23.7 Å². The topological polar surface area (TPSA) is 110 Å². The first kappa shape index (κ1) is 23.6. The first-order chi connectivity index (χ1) is 14.9. The standard InChI is InChI=1S/C22H24O9/c1-26-16-8-7-14(9-17(16)31-21(25)13-30-12-20(23)24)5-6-15-10-18(27-2)22(29-4)19(11-15)28-3/h5-11H,12-13H2,1-4H3,(H,23,24)/b6-5+. The molecule has 9 nitrogen and oxygen atoms in total. The monoisotopic (exact) mass is 432 g/mol. The van der Waals surface area contributed by atoms with Crippen LogP contribution >= 0.6 is 0 Å². The highest BCUT2D eigenvalue weighted by molar-refractivity contribution is 5.77. The summed E-state index contributed by atoms with van der Waals surface area (Å²) in [5.74, 6) is 0.134. The third kappa shape index (κ3) is 6.65. The van der Waals surface area contributed by atoms with Gasteiger partial charge in [0.05, 0.1) is 28.4 Å². The molecule has 0 radical (unpaired) electrons. The van der Waals surface area contributed by atoms with Crippen LogP contribution in [0.25, 0.3) is 12.2 Å². The number of carboxylic acids is 1. The average molecular weight is 432 g/mol. The SMILES string of the molecule is COc1ccc(/C=C/c2cc(OC)c(OC)c(OC)c2)cc1OC(=O)COCC(=O)O. The third-order valence-corrected chi connectivity index (χ3v) is 4.01. The van der Waals surface area contributed by atoms with Crippen LogP contribution in [0.5, 0.6) is 28.7 Å². The highest BCUT2D eigenvalue weighted by Crippen LogP contribution is 2.38. The van der Waals surface area contributed by atoms with E-state index < -0.39 is 25.2 Å². The molecule has 0 aliphatic rings. The summed E-state index contributed by atoms with van der Waals surface area (Å²) >= 11 is 0. The van der Waals surface area contributed by atoms with Crippen LogP contribution in [-0.4, -0.2) is 58.7 Å². The fourth-order valence-corrected chi connectivity index (χ4v) is 2.64. The first-order valence-corrected chi connectivity index (χ1v) is 9.08. The van der Waals surface area contributed by atoms with Crippen LogP contribution in [-0.2, 0) is 14.3 Å². The molecule has 0 fully saturated rings. The van der Waals surface area contributed by atoms with E-state index in [9.17, 15) is 9.59 Å². The lowest BCUT2D eigenvalue weighted by Gasteiger charge is -2.13. The van der Waals surface area contributed by atoms with E-state index in [-0.39, 0.29) is 5.75 Å². The van der Waals surface area contributed by atoms with Crippen molar-refractivity contribution in [2.24, 2.45) is 0 Å². The van der Waals surface area contributed by atoms with Gasteiger partial charge in [-0.2, -0.15) is 0 Å². The number of rotatable bonds is 11. The average Bonchev–Trinajstić information content (AvgIpc) is 2.76. The Balaban J connectivity index is 2.22. The van der Waals surface area contributed by atoms with Gasteiger partial charge in [0.15, 0.2) is 23.0 Å². The first-order valence-electron chi connectivity index (χ1n) is 9.08. The van der Waals surface area contributed by atoms with Crippen molar-refractivity contribution in [1.82, 2.24) is 0 Å². The van der Waals surface area contributed by atoms with Crippen LogP contribution in [0.2, 0.25) is 0 Å². The van der Waals surface area contributed by atoms with Crippen LogP contribution in [0.3, 0.4) is 0 Å². The maximum Gasteiger partial charge on any atom is 0.337 e. The Morgan fingerprint density at radius 2 is 1.35 bits per heavy atom. The van der Waals surface area contributed by atoms with Crippen LogP contribution in [0.4, 0.5) is 0 Å². The number of methoxy groups -OCH3 is 4. The largest absolute Gasteiger partial charge is 0.493 e. The zero-order valence-electron chi connectivity index (χ0n) is 17.7.